The maximum Gasteiger partial charge on any atom is 0.254 e. The van der Waals surface area contributed by atoms with E-state index in [2.05, 4.69) is 35.4 Å². The number of hydrogen-bond acceptors (Lipinski definition) is 5. The van der Waals surface area contributed by atoms with Crippen molar-refractivity contribution in [3.05, 3.63) is 95.5 Å². The molecule has 6 heteroatoms. The van der Waals surface area contributed by atoms with Gasteiger partial charge in [-0.15, -0.1) is 0 Å². The SMILES string of the molecule is Cc1ccc(C(=O)N2CCOC[C@@H](Cc3ccc4ccoc4c3)C2)cc1NCc1ccncc1. The van der Waals surface area contributed by atoms with E-state index in [0.717, 1.165) is 34.2 Å². The molecule has 0 unspecified atom stereocenters. The number of fused-ring (bicyclic) bond motifs is 1. The molecule has 1 N–H and O–H groups in total. The van der Waals surface area contributed by atoms with E-state index < -0.39 is 0 Å². The first-order valence-electron chi connectivity index (χ1n) is 11.7. The number of amides is 1. The lowest BCUT2D eigenvalue weighted by molar-refractivity contribution is 0.0737. The number of anilines is 1. The van der Waals surface area contributed by atoms with Crippen LogP contribution in [0.2, 0.25) is 0 Å². The van der Waals surface area contributed by atoms with Crippen LogP contribution in [0.4, 0.5) is 5.69 Å². The van der Waals surface area contributed by atoms with Crippen LogP contribution in [-0.2, 0) is 17.7 Å². The Morgan fingerprint density at radius 1 is 1.09 bits per heavy atom. The Balaban J connectivity index is 1.27. The number of carbonyl (C=O) groups is 1. The molecule has 34 heavy (non-hydrogen) atoms. The highest BCUT2D eigenvalue weighted by atomic mass is 16.5. The number of nitrogens with zero attached hydrogens (tertiary/aromatic N) is 2. The molecular formula is C28H29N3O3. The van der Waals surface area contributed by atoms with Crippen LogP contribution >= 0.6 is 0 Å². The van der Waals surface area contributed by atoms with Gasteiger partial charge in [-0.3, -0.25) is 9.78 Å². The van der Waals surface area contributed by atoms with Gasteiger partial charge < -0.3 is 19.4 Å². The molecule has 0 radical (unpaired) electrons. The molecule has 6 nitrogen and oxygen atoms in total. The van der Waals surface area contributed by atoms with Crippen LogP contribution in [0.3, 0.4) is 0 Å². The second-order valence-electron chi connectivity index (χ2n) is 8.93. The highest BCUT2D eigenvalue weighted by molar-refractivity contribution is 5.95. The molecule has 0 aliphatic carbocycles. The molecule has 0 spiro atoms. The van der Waals surface area contributed by atoms with Crippen molar-refractivity contribution >= 4 is 22.6 Å². The molecule has 1 fully saturated rings. The van der Waals surface area contributed by atoms with Gasteiger partial charge in [0, 0.05) is 54.6 Å². The number of ether oxygens (including phenoxy) is 1. The zero-order valence-corrected chi connectivity index (χ0v) is 19.4. The van der Waals surface area contributed by atoms with Gasteiger partial charge in [0.15, 0.2) is 0 Å². The molecule has 1 aliphatic rings. The summed E-state index contributed by atoms with van der Waals surface area (Å²) >= 11 is 0. The fourth-order valence-corrected chi connectivity index (χ4v) is 4.47. The summed E-state index contributed by atoms with van der Waals surface area (Å²) in [6.45, 7) is 5.20. The van der Waals surface area contributed by atoms with Gasteiger partial charge in [0.05, 0.1) is 19.5 Å². The predicted octanol–water partition coefficient (Wildman–Crippen LogP) is 5.08. The Bertz CT molecular complexity index is 1270. The minimum Gasteiger partial charge on any atom is -0.464 e. The van der Waals surface area contributed by atoms with E-state index in [9.17, 15) is 4.79 Å². The standard InChI is InChI=1S/C28H29N3O3/c1-20-2-4-25(16-26(20)30-17-21-6-9-29-10-7-21)28(32)31-11-13-33-19-23(18-31)14-22-3-5-24-8-12-34-27(24)15-22/h2-10,12,15-16,23,30H,11,13-14,17-19H2,1H3/t23-/m0/s1. The molecule has 0 bridgehead atoms. The van der Waals surface area contributed by atoms with Gasteiger partial charge in [0.25, 0.3) is 5.91 Å². The quantitative estimate of drug-likeness (QED) is 0.439. The predicted molar refractivity (Wildman–Crippen MR) is 133 cm³/mol. The van der Waals surface area contributed by atoms with Gasteiger partial charge in [-0.2, -0.15) is 0 Å². The first-order chi connectivity index (χ1) is 16.7. The van der Waals surface area contributed by atoms with Crippen molar-refractivity contribution in [3.63, 3.8) is 0 Å². The van der Waals surface area contributed by atoms with E-state index in [1.54, 1.807) is 18.7 Å². The number of aryl methyl sites for hydroxylation is 1. The van der Waals surface area contributed by atoms with Gasteiger partial charge in [-0.25, -0.2) is 0 Å². The average molecular weight is 456 g/mol. The van der Waals surface area contributed by atoms with Gasteiger partial charge in [0.2, 0.25) is 0 Å². The van der Waals surface area contributed by atoms with E-state index in [0.29, 0.717) is 38.4 Å². The summed E-state index contributed by atoms with van der Waals surface area (Å²) in [5.41, 5.74) is 6.01. The summed E-state index contributed by atoms with van der Waals surface area (Å²) in [6.07, 6.45) is 6.13. The first kappa shape index (κ1) is 22.2. The fourth-order valence-electron chi connectivity index (χ4n) is 4.47. The van der Waals surface area contributed by atoms with E-state index in [1.807, 2.05) is 41.3 Å². The van der Waals surface area contributed by atoms with Crippen LogP contribution in [0.25, 0.3) is 11.0 Å². The van der Waals surface area contributed by atoms with Crippen molar-refractivity contribution in [1.82, 2.24) is 9.88 Å². The van der Waals surface area contributed by atoms with Crippen LogP contribution in [-0.4, -0.2) is 42.1 Å². The normalized spacial score (nSPS) is 16.4. The molecule has 2 aromatic heterocycles. The zero-order valence-electron chi connectivity index (χ0n) is 19.4. The summed E-state index contributed by atoms with van der Waals surface area (Å²) in [6, 6.07) is 18.1. The van der Waals surface area contributed by atoms with E-state index in [-0.39, 0.29) is 11.8 Å². The number of hydrogen-bond donors (Lipinski definition) is 1. The summed E-state index contributed by atoms with van der Waals surface area (Å²) < 4.78 is 11.4. The second kappa shape index (κ2) is 10.1. The topological polar surface area (TPSA) is 67.6 Å². The Morgan fingerprint density at radius 3 is 2.85 bits per heavy atom. The number of benzene rings is 2. The monoisotopic (exact) mass is 455 g/mol. The van der Waals surface area contributed by atoms with Crippen LogP contribution in [0.15, 0.2) is 77.7 Å². The smallest absolute Gasteiger partial charge is 0.254 e. The molecule has 1 amide bonds. The minimum absolute atomic E-state index is 0.0453. The average Bonchev–Trinajstić information content (AvgIpc) is 3.21. The third-order valence-corrected chi connectivity index (χ3v) is 6.39. The van der Waals surface area contributed by atoms with Crippen molar-refractivity contribution < 1.29 is 13.9 Å². The molecular weight excluding hydrogens is 426 g/mol. The summed E-state index contributed by atoms with van der Waals surface area (Å²) in [4.78, 5) is 19.4. The van der Waals surface area contributed by atoms with Crippen LogP contribution in [0, 0.1) is 12.8 Å². The van der Waals surface area contributed by atoms with Crippen molar-refractivity contribution in [2.24, 2.45) is 5.92 Å². The lowest BCUT2D eigenvalue weighted by Crippen LogP contribution is -2.36. The Hall–Kier alpha value is -3.64. The third-order valence-electron chi connectivity index (χ3n) is 6.39. The number of nitrogens with one attached hydrogen (secondary N) is 1. The fraction of sp³-hybridized carbons (Fsp3) is 0.286. The zero-order chi connectivity index (χ0) is 23.3. The third kappa shape index (κ3) is 5.13. The Labute approximate surface area is 199 Å². The van der Waals surface area contributed by atoms with Crippen molar-refractivity contribution in [2.75, 3.05) is 31.6 Å². The van der Waals surface area contributed by atoms with Gasteiger partial charge in [-0.05, 0) is 66.4 Å². The summed E-state index contributed by atoms with van der Waals surface area (Å²) in [7, 11) is 0. The molecule has 3 heterocycles. The van der Waals surface area contributed by atoms with Gasteiger partial charge in [-0.1, -0.05) is 18.2 Å². The molecule has 0 saturated carbocycles. The first-order valence-corrected chi connectivity index (χ1v) is 11.7. The minimum atomic E-state index is 0.0453. The van der Waals surface area contributed by atoms with Crippen molar-refractivity contribution in [1.29, 1.82) is 0 Å². The number of aromatic nitrogens is 1. The molecule has 5 rings (SSSR count). The number of pyridine rings is 1. The van der Waals surface area contributed by atoms with Crippen LogP contribution < -0.4 is 5.32 Å². The Morgan fingerprint density at radius 2 is 1.97 bits per heavy atom. The van der Waals surface area contributed by atoms with E-state index in [4.69, 9.17) is 9.15 Å². The molecule has 2 aromatic carbocycles. The molecule has 1 atom stereocenters. The lowest BCUT2D eigenvalue weighted by Gasteiger charge is -2.24. The number of furan rings is 1. The Kier molecular flexibility index (Phi) is 6.58. The molecule has 1 aliphatic heterocycles. The van der Waals surface area contributed by atoms with E-state index in [1.165, 1.54) is 5.56 Å². The highest BCUT2D eigenvalue weighted by Gasteiger charge is 2.24. The van der Waals surface area contributed by atoms with Crippen molar-refractivity contribution in [2.45, 2.75) is 19.9 Å². The lowest BCUT2D eigenvalue weighted by atomic mass is 9.98. The largest absolute Gasteiger partial charge is 0.464 e. The maximum atomic E-state index is 13.4. The van der Waals surface area contributed by atoms with Gasteiger partial charge in [0.1, 0.15) is 5.58 Å². The maximum absolute atomic E-state index is 13.4. The molecule has 4 aromatic rings. The second-order valence-corrected chi connectivity index (χ2v) is 8.93. The van der Waals surface area contributed by atoms with Crippen LogP contribution in [0.5, 0.6) is 0 Å². The summed E-state index contributed by atoms with van der Waals surface area (Å²) in [5, 5.41) is 4.56. The van der Waals surface area contributed by atoms with Crippen molar-refractivity contribution in [3.8, 4) is 0 Å². The van der Waals surface area contributed by atoms with Crippen LogP contribution in [0.1, 0.15) is 27.0 Å². The summed E-state index contributed by atoms with van der Waals surface area (Å²) in [5.74, 6) is 0.276. The molecule has 174 valence electrons. The number of rotatable bonds is 6. The van der Waals surface area contributed by atoms with Gasteiger partial charge >= 0.3 is 0 Å². The highest BCUT2D eigenvalue weighted by Crippen LogP contribution is 2.23. The number of carbonyl (C=O) groups excluding carboxylic acids is 1. The van der Waals surface area contributed by atoms with E-state index >= 15 is 0 Å². The molecule has 1 saturated heterocycles.